The van der Waals surface area contributed by atoms with Gasteiger partial charge in [-0.25, -0.2) is 0 Å². The van der Waals surface area contributed by atoms with Gasteiger partial charge in [-0.15, -0.1) is 0 Å². The molecule has 21 heavy (non-hydrogen) atoms. The predicted molar refractivity (Wildman–Crippen MR) is 93.4 cm³/mol. The second-order valence-corrected chi connectivity index (χ2v) is 6.82. The molecule has 0 rings (SSSR count). The van der Waals surface area contributed by atoms with Crippen LogP contribution in [0.15, 0.2) is 11.6 Å². The third-order valence-electron chi connectivity index (χ3n) is 4.19. The molecule has 1 atom stereocenters. The molecular formula is C19H37NO. The largest absolute Gasteiger partial charge is 0.340 e. The number of allylic oxidation sites excluding steroid dienone is 1. The van der Waals surface area contributed by atoms with Crippen molar-refractivity contribution in [2.24, 2.45) is 11.8 Å². The molecule has 0 aromatic heterocycles. The third kappa shape index (κ3) is 10.6. The summed E-state index contributed by atoms with van der Waals surface area (Å²) in [4.78, 5) is 13.8. The highest BCUT2D eigenvalue weighted by molar-refractivity contribution is 5.88. The summed E-state index contributed by atoms with van der Waals surface area (Å²) in [6, 6.07) is 0. The van der Waals surface area contributed by atoms with Crippen molar-refractivity contribution in [1.82, 2.24) is 4.90 Å². The minimum absolute atomic E-state index is 0.169. The molecule has 0 bridgehead atoms. The maximum atomic E-state index is 12.0. The Morgan fingerprint density at radius 1 is 1.00 bits per heavy atom. The maximum Gasteiger partial charge on any atom is 0.246 e. The first-order valence-electron chi connectivity index (χ1n) is 8.86. The molecule has 0 fully saturated rings. The van der Waals surface area contributed by atoms with Crippen molar-refractivity contribution >= 4 is 5.91 Å². The lowest BCUT2D eigenvalue weighted by Crippen LogP contribution is -2.28. The number of carbonyl (C=O) groups is 1. The lowest BCUT2D eigenvalue weighted by molar-refractivity contribution is -0.125. The van der Waals surface area contributed by atoms with Crippen LogP contribution in [-0.2, 0) is 4.79 Å². The van der Waals surface area contributed by atoms with Crippen LogP contribution in [0, 0.1) is 11.8 Å². The fourth-order valence-corrected chi connectivity index (χ4v) is 2.66. The van der Waals surface area contributed by atoms with Crippen LogP contribution < -0.4 is 0 Å². The Morgan fingerprint density at radius 3 is 2.10 bits per heavy atom. The molecule has 0 aliphatic carbocycles. The fourth-order valence-electron chi connectivity index (χ4n) is 2.66. The summed E-state index contributed by atoms with van der Waals surface area (Å²) in [6.07, 6.45) is 9.42. The van der Waals surface area contributed by atoms with Gasteiger partial charge in [0.25, 0.3) is 0 Å². The number of hydrogen-bond acceptors (Lipinski definition) is 1. The minimum atomic E-state index is 0.169. The Balaban J connectivity index is 3.92. The molecule has 0 aromatic rings. The van der Waals surface area contributed by atoms with Crippen LogP contribution in [0.25, 0.3) is 0 Å². The van der Waals surface area contributed by atoms with E-state index in [1.165, 1.54) is 37.7 Å². The van der Waals surface area contributed by atoms with Crippen molar-refractivity contribution in [2.75, 3.05) is 13.1 Å². The van der Waals surface area contributed by atoms with Crippen LogP contribution in [0.1, 0.15) is 80.1 Å². The van der Waals surface area contributed by atoms with Gasteiger partial charge in [0.1, 0.15) is 0 Å². The Bertz CT molecular complexity index is 303. The van der Waals surface area contributed by atoms with Crippen LogP contribution in [0.5, 0.6) is 0 Å². The predicted octanol–water partition coefficient (Wildman–Crippen LogP) is 5.43. The highest BCUT2D eigenvalue weighted by atomic mass is 16.2. The van der Waals surface area contributed by atoms with E-state index in [0.29, 0.717) is 0 Å². The molecule has 124 valence electrons. The van der Waals surface area contributed by atoms with Gasteiger partial charge in [-0.05, 0) is 45.4 Å². The van der Waals surface area contributed by atoms with Crippen molar-refractivity contribution in [3.05, 3.63) is 11.6 Å². The standard InChI is InChI=1S/C19H37NO/c1-7-20(8-2)19(21)15-18(6)14-10-13-17(5)12-9-11-16(3)4/h15-17H,7-14H2,1-6H3. The quantitative estimate of drug-likeness (QED) is 0.465. The summed E-state index contributed by atoms with van der Waals surface area (Å²) in [7, 11) is 0. The zero-order chi connectivity index (χ0) is 16.3. The topological polar surface area (TPSA) is 20.3 Å². The molecule has 2 heteroatoms. The van der Waals surface area contributed by atoms with Gasteiger partial charge in [-0.1, -0.05) is 52.0 Å². The Labute approximate surface area is 133 Å². The summed E-state index contributed by atoms with van der Waals surface area (Å²) >= 11 is 0. The zero-order valence-electron chi connectivity index (χ0n) is 15.2. The number of rotatable bonds is 11. The molecule has 0 aliphatic rings. The van der Waals surface area contributed by atoms with E-state index in [-0.39, 0.29) is 5.91 Å². The van der Waals surface area contributed by atoms with E-state index in [4.69, 9.17) is 0 Å². The van der Waals surface area contributed by atoms with E-state index >= 15 is 0 Å². The normalized spacial score (nSPS) is 13.6. The van der Waals surface area contributed by atoms with E-state index in [1.807, 2.05) is 24.8 Å². The second kappa shape index (κ2) is 11.8. The van der Waals surface area contributed by atoms with Crippen LogP contribution in [0.4, 0.5) is 0 Å². The Morgan fingerprint density at radius 2 is 1.57 bits per heavy atom. The molecule has 0 aliphatic heterocycles. The third-order valence-corrected chi connectivity index (χ3v) is 4.19. The SMILES string of the molecule is CCN(CC)C(=O)C=C(C)CCCC(C)CCCC(C)C. The van der Waals surface area contributed by atoms with Gasteiger partial charge in [0.2, 0.25) is 5.91 Å². The summed E-state index contributed by atoms with van der Waals surface area (Å²) < 4.78 is 0. The second-order valence-electron chi connectivity index (χ2n) is 6.82. The molecule has 0 aromatic carbocycles. The van der Waals surface area contributed by atoms with E-state index in [2.05, 4.69) is 27.7 Å². The fraction of sp³-hybridized carbons (Fsp3) is 0.842. The molecule has 1 unspecified atom stereocenters. The van der Waals surface area contributed by atoms with Crippen LogP contribution in [0.2, 0.25) is 0 Å². The van der Waals surface area contributed by atoms with Gasteiger partial charge >= 0.3 is 0 Å². The van der Waals surface area contributed by atoms with Gasteiger partial charge in [-0.2, -0.15) is 0 Å². The van der Waals surface area contributed by atoms with Gasteiger partial charge < -0.3 is 4.90 Å². The molecule has 1 amide bonds. The van der Waals surface area contributed by atoms with Crippen LogP contribution >= 0.6 is 0 Å². The highest BCUT2D eigenvalue weighted by Crippen LogP contribution is 2.19. The van der Waals surface area contributed by atoms with Crippen LogP contribution in [0.3, 0.4) is 0 Å². The molecule has 0 spiro atoms. The Kier molecular flexibility index (Phi) is 11.4. The van der Waals surface area contributed by atoms with E-state index in [1.54, 1.807) is 0 Å². The van der Waals surface area contributed by atoms with Gasteiger partial charge in [0.15, 0.2) is 0 Å². The molecule has 0 saturated heterocycles. The van der Waals surface area contributed by atoms with E-state index < -0.39 is 0 Å². The first kappa shape index (κ1) is 20.2. The van der Waals surface area contributed by atoms with Crippen LogP contribution in [-0.4, -0.2) is 23.9 Å². The summed E-state index contributed by atoms with van der Waals surface area (Å²) in [5.41, 5.74) is 1.22. The molecule has 0 heterocycles. The lowest BCUT2D eigenvalue weighted by atomic mass is 9.94. The number of amides is 1. The van der Waals surface area contributed by atoms with Crippen molar-refractivity contribution in [3.63, 3.8) is 0 Å². The number of carbonyl (C=O) groups excluding carboxylic acids is 1. The van der Waals surface area contributed by atoms with Crippen molar-refractivity contribution in [1.29, 1.82) is 0 Å². The summed E-state index contributed by atoms with van der Waals surface area (Å²) in [5.74, 6) is 1.81. The van der Waals surface area contributed by atoms with E-state index in [9.17, 15) is 4.79 Å². The molecular weight excluding hydrogens is 258 g/mol. The number of likely N-dealkylation sites (N-methyl/N-ethyl adjacent to an activating group) is 1. The summed E-state index contributed by atoms with van der Waals surface area (Å²) in [5, 5.41) is 0. The number of nitrogens with zero attached hydrogens (tertiary/aromatic N) is 1. The van der Waals surface area contributed by atoms with Gasteiger partial charge in [0, 0.05) is 19.2 Å². The maximum absolute atomic E-state index is 12.0. The van der Waals surface area contributed by atoms with Gasteiger partial charge in [-0.3, -0.25) is 4.79 Å². The van der Waals surface area contributed by atoms with Crippen molar-refractivity contribution in [3.8, 4) is 0 Å². The monoisotopic (exact) mass is 295 g/mol. The highest BCUT2D eigenvalue weighted by Gasteiger charge is 2.07. The average Bonchev–Trinajstić information content (AvgIpc) is 2.39. The van der Waals surface area contributed by atoms with Crippen molar-refractivity contribution < 1.29 is 4.79 Å². The number of hydrogen-bond donors (Lipinski definition) is 0. The molecule has 0 saturated carbocycles. The first-order valence-corrected chi connectivity index (χ1v) is 8.86. The molecule has 0 radical (unpaired) electrons. The molecule has 0 N–H and O–H groups in total. The smallest absolute Gasteiger partial charge is 0.246 e. The average molecular weight is 296 g/mol. The lowest BCUT2D eigenvalue weighted by Gasteiger charge is -2.17. The van der Waals surface area contributed by atoms with E-state index in [0.717, 1.165) is 31.3 Å². The zero-order valence-corrected chi connectivity index (χ0v) is 15.2. The summed E-state index contributed by atoms with van der Waals surface area (Å²) in [6.45, 7) is 14.7. The Hall–Kier alpha value is -0.790. The van der Waals surface area contributed by atoms with Crippen molar-refractivity contribution in [2.45, 2.75) is 80.1 Å². The van der Waals surface area contributed by atoms with Gasteiger partial charge in [0.05, 0.1) is 0 Å². The molecule has 2 nitrogen and oxygen atoms in total. The first-order chi connectivity index (χ1) is 9.90. The minimum Gasteiger partial charge on any atom is -0.340 e.